The molecule has 2 aliphatic heterocycles. The molecule has 0 bridgehead atoms. The summed E-state index contributed by atoms with van der Waals surface area (Å²) in [6.45, 7) is 5.77. The minimum Gasteiger partial charge on any atom is -0.367 e. The molecule has 4 rings (SSSR count). The Balaban J connectivity index is 0.00000289. The van der Waals surface area contributed by atoms with E-state index in [1.807, 2.05) is 11.8 Å². The lowest BCUT2D eigenvalue weighted by Gasteiger charge is -2.21. The SMILES string of the molecule is CCNC(=NCCc1nnc2n1CCCCC2)NC1CCN(c2ccc(F)cc2F)C1.I. The Morgan fingerprint density at radius 2 is 2.06 bits per heavy atom. The number of nitrogens with zero attached hydrogens (tertiary/aromatic N) is 5. The molecule has 7 nitrogen and oxygen atoms in total. The van der Waals surface area contributed by atoms with Crippen LogP contribution in [0.5, 0.6) is 0 Å². The van der Waals surface area contributed by atoms with Crippen LogP contribution < -0.4 is 15.5 Å². The first-order chi connectivity index (χ1) is 15.1. The highest BCUT2D eigenvalue weighted by Gasteiger charge is 2.25. The molecular formula is C22H32F2IN7. The highest BCUT2D eigenvalue weighted by Crippen LogP contribution is 2.24. The van der Waals surface area contributed by atoms with Crippen LogP contribution in [0.1, 0.15) is 44.3 Å². The van der Waals surface area contributed by atoms with Crippen molar-refractivity contribution in [2.24, 2.45) is 4.99 Å². The van der Waals surface area contributed by atoms with Crippen molar-refractivity contribution >= 4 is 35.6 Å². The van der Waals surface area contributed by atoms with E-state index >= 15 is 0 Å². The maximum atomic E-state index is 14.1. The van der Waals surface area contributed by atoms with Crippen LogP contribution in [-0.4, -0.2) is 52.9 Å². The highest BCUT2D eigenvalue weighted by atomic mass is 127. The van der Waals surface area contributed by atoms with E-state index in [-0.39, 0.29) is 30.0 Å². The van der Waals surface area contributed by atoms with Gasteiger partial charge < -0.3 is 20.1 Å². The monoisotopic (exact) mass is 559 g/mol. The maximum Gasteiger partial charge on any atom is 0.191 e. The first-order valence-electron chi connectivity index (χ1n) is 11.3. The zero-order valence-electron chi connectivity index (χ0n) is 18.5. The number of nitrogens with one attached hydrogen (secondary N) is 2. The van der Waals surface area contributed by atoms with Crippen LogP contribution >= 0.6 is 24.0 Å². The van der Waals surface area contributed by atoms with Crippen molar-refractivity contribution in [1.82, 2.24) is 25.4 Å². The van der Waals surface area contributed by atoms with E-state index in [0.29, 0.717) is 25.3 Å². The van der Waals surface area contributed by atoms with Crippen LogP contribution in [0.2, 0.25) is 0 Å². The summed E-state index contributed by atoms with van der Waals surface area (Å²) in [5.41, 5.74) is 0.445. The number of aromatic nitrogens is 3. The standard InChI is InChI=1S/C22H31F2N7.HI/c1-2-25-22(26-11-9-21-29-28-20-6-4-3-5-12-31(20)21)27-17-10-13-30(15-17)19-8-7-16(23)14-18(19)24;/h7-8,14,17H,2-6,9-13,15H2,1H3,(H2,25,26,27);1H. The van der Waals surface area contributed by atoms with Gasteiger partial charge in [-0.2, -0.15) is 0 Å². The molecule has 0 spiro atoms. The summed E-state index contributed by atoms with van der Waals surface area (Å²) in [6, 6.07) is 3.89. The lowest BCUT2D eigenvalue weighted by molar-refractivity contribution is 0.580. The van der Waals surface area contributed by atoms with Crippen LogP contribution in [0.3, 0.4) is 0 Å². The van der Waals surface area contributed by atoms with Crippen molar-refractivity contribution in [3.05, 3.63) is 41.5 Å². The molecule has 0 radical (unpaired) electrons. The molecule has 1 saturated heterocycles. The van der Waals surface area contributed by atoms with Crippen LogP contribution in [0.25, 0.3) is 0 Å². The van der Waals surface area contributed by atoms with E-state index in [1.54, 1.807) is 0 Å². The predicted octanol–water partition coefficient (Wildman–Crippen LogP) is 3.28. The quantitative estimate of drug-likeness (QED) is 0.323. The van der Waals surface area contributed by atoms with Gasteiger partial charge in [-0.25, -0.2) is 8.78 Å². The van der Waals surface area contributed by atoms with Crippen molar-refractivity contribution in [2.45, 2.75) is 58.0 Å². The number of aliphatic imine (C=N–C) groups is 1. The number of hydrogen-bond donors (Lipinski definition) is 2. The number of anilines is 1. The average molecular weight is 559 g/mol. The summed E-state index contributed by atoms with van der Waals surface area (Å²) < 4.78 is 29.6. The van der Waals surface area contributed by atoms with Crippen LogP contribution in [0.15, 0.2) is 23.2 Å². The van der Waals surface area contributed by atoms with Gasteiger partial charge in [0.05, 0.1) is 5.69 Å². The number of fused-ring (bicyclic) bond motifs is 1. The van der Waals surface area contributed by atoms with E-state index in [1.165, 1.54) is 31.4 Å². The second kappa shape index (κ2) is 11.8. The summed E-state index contributed by atoms with van der Waals surface area (Å²) in [5, 5.41) is 15.5. The number of rotatable bonds is 6. The van der Waals surface area contributed by atoms with E-state index in [9.17, 15) is 8.78 Å². The molecule has 0 aliphatic carbocycles. The van der Waals surface area contributed by atoms with Gasteiger partial charge >= 0.3 is 0 Å². The van der Waals surface area contributed by atoms with Crippen LogP contribution in [0, 0.1) is 11.6 Å². The van der Waals surface area contributed by atoms with Crippen LogP contribution in [0.4, 0.5) is 14.5 Å². The second-order valence-electron chi connectivity index (χ2n) is 8.18. The summed E-state index contributed by atoms with van der Waals surface area (Å²) in [6.07, 6.45) is 6.23. The summed E-state index contributed by atoms with van der Waals surface area (Å²) in [7, 11) is 0. The number of hydrogen-bond acceptors (Lipinski definition) is 4. The van der Waals surface area contributed by atoms with Crippen molar-refractivity contribution in [3.8, 4) is 0 Å². The van der Waals surface area contributed by atoms with Gasteiger partial charge in [0.15, 0.2) is 5.96 Å². The molecule has 1 aromatic heterocycles. The van der Waals surface area contributed by atoms with Gasteiger partial charge in [-0.3, -0.25) is 4.99 Å². The molecular weight excluding hydrogens is 527 g/mol. The minimum absolute atomic E-state index is 0. The number of guanidine groups is 1. The predicted molar refractivity (Wildman–Crippen MR) is 133 cm³/mol. The first-order valence-corrected chi connectivity index (χ1v) is 11.3. The molecule has 0 saturated carbocycles. The Kier molecular flexibility index (Phi) is 9.06. The topological polar surface area (TPSA) is 70.4 Å². The third kappa shape index (κ3) is 6.08. The number of aryl methyl sites for hydroxylation is 1. The molecule has 1 atom stereocenters. The Morgan fingerprint density at radius 3 is 2.88 bits per heavy atom. The van der Waals surface area contributed by atoms with E-state index in [4.69, 9.17) is 4.99 Å². The fourth-order valence-electron chi connectivity index (χ4n) is 4.35. The smallest absolute Gasteiger partial charge is 0.191 e. The van der Waals surface area contributed by atoms with Crippen molar-refractivity contribution < 1.29 is 8.78 Å². The van der Waals surface area contributed by atoms with Crippen molar-refractivity contribution in [2.75, 3.05) is 31.1 Å². The molecule has 1 unspecified atom stereocenters. The molecule has 2 aliphatic rings. The molecule has 2 N–H and O–H groups in total. The zero-order chi connectivity index (χ0) is 21.6. The minimum atomic E-state index is -0.554. The fraction of sp³-hybridized carbons (Fsp3) is 0.591. The molecule has 1 aromatic carbocycles. The Hall–Kier alpha value is -1.98. The summed E-state index contributed by atoms with van der Waals surface area (Å²) in [5.74, 6) is 1.79. The maximum absolute atomic E-state index is 14.1. The summed E-state index contributed by atoms with van der Waals surface area (Å²) >= 11 is 0. The van der Waals surface area contributed by atoms with E-state index in [0.717, 1.165) is 56.0 Å². The number of benzene rings is 1. The molecule has 0 amide bonds. The van der Waals surface area contributed by atoms with E-state index in [2.05, 4.69) is 25.4 Å². The van der Waals surface area contributed by atoms with Crippen molar-refractivity contribution in [3.63, 3.8) is 0 Å². The van der Waals surface area contributed by atoms with Gasteiger partial charge in [-0.15, -0.1) is 34.2 Å². The van der Waals surface area contributed by atoms with Gasteiger partial charge in [-0.05, 0) is 38.3 Å². The third-order valence-electron chi connectivity index (χ3n) is 5.92. The second-order valence-corrected chi connectivity index (χ2v) is 8.18. The Morgan fingerprint density at radius 1 is 1.19 bits per heavy atom. The van der Waals surface area contributed by atoms with Gasteiger partial charge in [0.2, 0.25) is 0 Å². The molecule has 10 heteroatoms. The lowest BCUT2D eigenvalue weighted by atomic mass is 10.2. The van der Waals surface area contributed by atoms with Crippen molar-refractivity contribution in [1.29, 1.82) is 0 Å². The highest BCUT2D eigenvalue weighted by molar-refractivity contribution is 14.0. The van der Waals surface area contributed by atoms with Gasteiger partial charge in [0.1, 0.15) is 23.3 Å². The van der Waals surface area contributed by atoms with Gasteiger partial charge in [-0.1, -0.05) is 6.42 Å². The molecule has 176 valence electrons. The average Bonchev–Trinajstić information content (AvgIpc) is 3.28. The first kappa shape index (κ1) is 24.7. The molecule has 1 fully saturated rings. The summed E-state index contributed by atoms with van der Waals surface area (Å²) in [4.78, 5) is 6.67. The Bertz CT molecular complexity index is 918. The fourth-order valence-corrected chi connectivity index (χ4v) is 4.35. The third-order valence-corrected chi connectivity index (χ3v) is 5.92. The molecule has 2 aromatic rings. The normalized spacial score (nSPS) is 18.7. The Labute approximate surface area is 205 Å². The number of halogens is 3. The lowest BCUT2D eigenvalue weighted by Crippen LogP contribution is -2.44. The molecule has 3 heterocycles. The zero-order valence-corrected chi connectivity index (χ0v) is 20.8. The van der Waals surface area contributed by atoms with E-state index < -0.39 is 11.6 Å². The van der Waals surface area contributed by atoms with Crippen LogP contribution in [-0.2, 0) is 19.4 Å². The van der Waals surface area contributed by atoms with Gasteiger partial charge in [0, 0.05) is 57.7 Å². The largest absolute Gasteiger partial charge is 0.367 e. The van der Waals surface area contributed by atoms with Gasteiger partial charge in [0.25, 0.3) is 0 Å². The molecule has 32 heavy (non-hydrogen) atoms.